The smallest absolute Gasteiger partial charge is 0.119 e. The van der Waals surface area contributed by atoms with E-state index in [9.17, 15) is 0 Å². The molecule has 2 nitrogen and oxygen atoms in total. The Morgan fingerprint density at radius 2 is 0.795 bits per heavy atom. The van der Waals surface area contributed by atoms with Crippen LogP contribution in [0.25, 0.3) is 52.9 Å². The largest absolute Gasteiger partial charge is 0.494 e. The highest BCUT2D eigenvalue weighted by Gasteiger charge is 2.42. The zero-order valence-electron chi connectivity index (χ0n) is 46.4. The summed E-state index contributed by atoms with van der Waals surface area (Å²) in [6.07, 6.45) is 29.8. The van der Waals surface area contributed by atoms with E-state index in [0.29, 0.717) is 11.8 Å². The number of allylic oxidation sites excluding steroid dienone is 4. The van der Waals surface area contributed by atoms with Crippen molar-refractivity contribution in [1.82, 2.24) is 0 Å². The molecule has 6 aromatic rings. The van der Waals surface area contributed by atoms with Gasteiger partial charge in [0.25, 0.3) is 0 Å². The molecule has 0 N–H and O–H groups in total. The molecule has 2 atom stereocenters. The topological polar surface area (TPSA) is 18.5 Å². The third-order valence-electron chi connectivity index (χ3n) is 15.5. The highest BCUT2D eigenvalue weighted by atomic mass is 32.1. The number of fused-ring (bicyclic) bond motifs is 3. The Morgan fingerprint density at radius 3 is 1.18 bits per heavy atom. The first kappa shape index (κ1) is 56.1. The van der Waals surface area contributed by atoms with Crippen molar-refractivity contribution in [1.29, 1.82) is 0 Å². The molecule has 7 rings (SSSR count). The van der Waals surface area contributed by atoms with Gasteiger partial charge >= 0.3 is 0 Å². The van der Waals surface area contributed by atoms with Crippen molar-refractivity contribution in [3.8, 4) is 64.4 Å². The first-order valence-corrected chi connectivity index (χ1v) is 30.4. The number of ether oxygens (including phenoxy) is 2. The second-order valence-electron chi connectivity index (χ2n) is 22.2. The quantitative estimate of drug-likeness (QED) is 0.0310. The Kier molecular flexibility index (Phi) is 22.2. The maximum Gasteiger partial charge on any atom is 0.119 e. The van der Waals surface area contributed by atoms with Gasteiger partial charge in [0.1, 0.15) is 11.5 Å². The molecule has 0 aliphatic heterocycles. The molecule has 4 aromatic carbocycles. The highest BCUT2D eigenvalue weighted by Crippen LogP contribution is 2.56. The summed E-state index contributed by atoms with van der Waals surface area (Å²) < 4.78 is 12.5. The minimum atomic E-state index is -0.00911. The molecule has 0 bridgehead atoms. The maximum atomic E-state index is 6.23. The molecule has 0 amide bonds. The van der Waals surface area contributed by atoms with E-state index >= 15 is 0 Å². The normalized spacial score (nSPS) is 13.3. The molecule has 0 fully saturated rings. The number of hydrogen-bond acceptors (Lipinski definition) is 4. The fourth-order valence-electron chi connectivity index (χ4n) is 11.0. The second kappa shape index (κ2) is 28.9. The monoisotopic (exact) mass is 1010 g/mol. The van der Waals surface area contributed by atoms with Crippen molar-refractivity contribution in [3.05, 3.63) is 144 Å². The molecule has 1 aliphatic rings. The molecule has 73 heavy (non-hydrogen) atoms. The Hall–Kier alpha value is -4.64. The van der Waals surface area contributed by atoms with Gasteiger partial charge in [-0.3, -0.25) is 0 Å². The maximum absolute atomic E-state index is 6.23. The molecule has 0 unspecified atom stereocenters. The summed E-state index contributed by atoms with van der Waals surface area (Å²) >= 11 is 3.84. The number of benzene rings is 4. The van der Waals surface area contributed by atoms with Crippen LogP contribution >= 0.6 is 22.7 Å². The van der Waals surface area contributed by atoms with Crippen LogP contribution in [0.4, 0.5) is 0 Å². The molecular weight excluding hydrogens is 925 g/mol. The van der Waals surface area contributed by atoms with Crippen molar-refractivity contribution in [2.75, 3.05) is 13.2 Å². The summed E-state index contributed by atoms with van der Waals surface area (Å²) in [6.45, 7) is 19.6. The van der Waals surface area contributed by atoms with Gasteiger partial charge in [0.15, 0.2) is 0 Å². The molecule has 0 saturated heterocycles. The summed E-state index contributed by atoms with van der Waals surface area (Å²) in [4.78, 5) is 5.30. The lowest BCUT2D eigenvalue weighted by Gasteiger charge is -2.33. The second-order valence-corrected chi connectivity index (χ2v) is 24.4. The highest BCUT2D eigenvalue weighted by molar-refractivity contribution is 7.19. The Morgan fingerprint density at radius 1 is 0.438 bits per heavy atom. The van der Waals surface area contributed by atoms with Crippen LogP contribution in [0.5, 0.6) is 11.5 Å². The fraction of sp³-hybridized carbons (Fsp3) is 0.478. The summed E-state index contributed by atoms with van der Waals surface area (Å²) in [7, 11) is 0. The van der Waals surface area contributed by atoms with Crippen molar-refractivity contribution in [2.24, 2.45) is 11.8 Å². The van der Waals surface area contributed by atoms with Crippen LogP contribution in [0.15, 0.2) is 132 Å². The Bertz CT molecular complexity index is 2450. The molecule has 2 aromatic heterocycles. The Balaban J connectivity index is 1.11. The van der Waals surface area contributed by atoms with Crippen LogP contribution in [0.3, 0.4) is 0 Å². The summed E-state index contributed by atoms with van der Waals surface area (Å²) in [5, 5.41) is 0. The number of rotatable bonds is 32. The first-order chi connectivity index (χ1) is 35.6. The van der Waals surface area contributed by atoms with Gasteiger partial charge in [-0.2, -0.15) is 0 Å². The van der Waals surface area contributed by atoms with Gasteiger partial charge in [-0.25, -0.2) is 0 Å². The zero-order chi connectivity index (χ0) is 51.4. The minimum Gasteiger partial charge on any atom is -0.494 e. The molecule has 2 heterocycles. The van der Waals surface area contributed by atoms with Crippen LogP contribution in [0.2, 0.25) is 0 Å². The SMILES string of the molecule is CCCCCCCCC1(CCCCCCCC)c2cc(-c3ccc(-c4ccc(OCC[C@@H](C)CCC=C(C)C)cc4)s3)ccc2-c2ccc(-c3ccc(-c4ccc(OCC[C@@H](C)CCC=C(C)C)cc4)s3)cc21. The van der Waals surface area contributed by atoms with E-state index in [1.54, 1.807) is 11.1 Å². The fourth-order valence-corrected chi connectivity index (χ4v) is 13.0. The average Bonchev–Trinajstić information content (AvgIpc) is 4.15. The molecule has 4 heteroatoms. The summed E-state index contributed by atoms with van der Waals surface area (Å²) in [5.41, 5.74) is 14.0. The molecular formula is C69H90O2S2. The summed E-state index contributed by atoms with van der Waals surface area (Å²) in [6, 6.07) is 42.0. The number of thiophene rings is 2. The van der Waals surface area contributed by atoms with E-state index < -0.39 is 0 Å². The van der Waals surface area contributed by atoms with Gasteiger partial charge in [-0.05, 0) is 220 Å². The van der Waals surface area contributed by atoms with Crippen molar-refractivity contribution >= 4 is 22.7 Å². The Labute approximate surface area is 451 Å². The third kappa shape index (κ3) is 16.2. The molecule has 0 spiro atoms. The number of unbranched alkanes of at least 4 members (excludes halogenated alkanes) is 10. The zero-order valence-corrected chi connectivity index (χ0v) is 48.0. The van der Waals surface area contributed by atoms with Gasteiger partial charge < -0.3 is 9.47 Å². The minimum absolute atomic E-state index is 0.00911. The first-order valence-electron chi connectivity index (χ1n) is 28.8. The van der Waals surface area contributed by atoms with Crippen molar-refractivity contribution in [2.45, 2.75) is 189 Å². The van der Waals surface area contributed by atoms with Crippen LogP contribution in [0.1, 0.15) is 195 Å². The van der Waals surface area contributed by atoms with Crippen LogP contribution < -0.4 is 9.47 Å². The predicted octanol–water partition coefficient (Wildman–Crippen LogP) is 22.5. The molecule has 390 valence electrons. The van der Waals surface area contributed by atoms with Gasteiger partial charge in [0, 0.05) is 24.9 Å². The van der Waals surface area contributed by atoms with E-state index in [1.165, 1.54) is 167 Å². The van der Waals surface area contributed by atoms with E-state index in [-0.39, 0.29) is 5.41 Å². The molecule has 0 radical (unpaired) electrons. The van der Waals surface area contributed by atoms with Gasteiger partial charge in [-0.1, -0.05) is 152 Å². The third-order valence-corrected chi connectivity index (χ3v) is 17.9. The van der Waals surface area contributed by atoms with Crippen LogP contribution in [-0.2, 0) is 5.41 Å². The molecule has 1 aliphatic carbocycles. The average molecular weight is 1020 g/mol. The van der Waals surface area contributed by atoms with E-state index in [4.69, 9.17) is 9.47 Å². The van der Waals surface area contributed by atoms with E-state index in [0.717, 1.165) is 50.4 Å². The summed E-state index contributed by atoms with van der Waals surface area (Å²) in [5.74, 6) is 3.24. The lowest BCUT2D eigenvalue weighted by molar-refractivity contribution is 0.279. The van der Waals surface area contributed by atoms with E-state index in [2.05, 4.69) is 177 Å². The van der Waals surface area contributed by atoms with E-state index in [1.807, 2.05) is 22.7 Å². The van der Waals surface area contributed by atoms with Crippen LogP contribution in [0, 0.1) is 11.8 Å². The lowest BCUT2D eigenvalue weighted by Crippen LogP contribution is -2.25. The van der Waals surface area contributed by atoms with Gasteiger partial charge in [0.2, 0.25) is 0 Å². The van der Waals surface area contributed by atoms with Crippen molar-refractivity contribution < 1.29 is 9.47 Å². The number of hydrogen-bond donors (Lipinski definition) is 0. The predicted molar refractivity (Wildman–Crippen MR) is 322 cm³/mol. The van der Waals surface area contributed by atoms with Gasteiger partial charge in [0.05, 0.1) is 13.2 Å². The lowest BCUT2D eigenvalue weighted by atomic mass is 9.70. The standard InChI is InChI=1S/C69H90O2S2/c1-9-11-13-15-17-19-45-69(46-20-18-16-14-12-10-2)63-49-57(67-41-39-65(72-67)55-27-33-59(34-28-55)70-47-43-53(7)25-21-23-51(3)4)31-37-61(63)62-38-32-58(50-64(62)69)68-42-40-66(73-68)56-29-35-60(36-30-56)71-48-44-54(8)26-22-24-52(5)6/h23-24,27-42,49-50,53-54H,9-22,25-26,43-48H2,1-8H3/t53-,54-/m0/s1. The van der Waals surface area contributed by atoms with Crippen LogP contribution in [-0.4, -0.2) is 13.2 Å². The molecule has 0 saturated carbocycles. The van der Waals surface area contributed by atoms with Gasteiger partial charge in [-0.15, -0.1) is 22.7 Å². The van der Waals surface area contributed by atoms with Crippen molar-refractivity contribution in [3.63, 3.8) is 0 Å².